The molecule has 5 rings (SSSR count). The average molecular weight is 677 g/mol. The summed E-state index contributed by atoms with van der Waals surface area (Å²) in [5.41, 5.74) is 1.82. The van der Waals surface area contributed by atoms with Gasteiger partial charge in [0.05, 0.1) is 37.4 Å². The number of fused-ring (bicyclic) bond motifs is 1. The molecule has 1 aliphatic carbocycles. The van der Waals surface area contributed by atoms with Gasteiger partial charge in [-0.3, -0.25) is 4.79 Å². The zero-order valence-electron chi connectivity index (χ0n) is 23.0. The molecule has 234 valence electrons. The SMILES string of the molecule is Cn1c(Nc2c(Cl)ccc(CNCC3CC(F)(F)C3)c2Cl)nc2cc(C(=O)Nc3ccc(F)c(Cl)c3)c(OCC(F)F)cc21. The Morgan fingerprint density at radius 3 is 2.55 bits per heavy atom. The van der Waals surface area contributed by atoms with Crippen molar-refractivity contribution in [3.05, 3.63) is 74.5 Å². The predicted molar refractivity (Wildman–Crippen MR) is 161 cm³/mol. The number of anilines is 3. The normalized spacial score (nSPS) is 14.6. The number of carbonyl (C=O) groups is 1. The van der Waals surface area contributed by atoms with Crippen LogP contribution in [0.5, 0.6) is 5.75 Å². The number of benzene rings is 3. The van der Waals surface area contributed by atoms with Gasteiger partial charge in [-0.25, -0.2) is 26.9 Å². The first kappa shape index (κ1) is 32.1. The first-order valence-corrected chi connectivity index (χ1v) is 14.4. The van der Waals surface area contributed by atoms with E-state index in [1.165, 1.54) is 24.3 Å². The van der Waals surface area contributed by atoms with E-state index in [1.807, 2.05) is 0 Å². The van der Waals surface area contributed by atoms with Crippen LogP contribution in [-0.2, 0) is 13.6 Å². The van der Waals surface area contributed by atoms with Crippen molar-refractivity contribution in [1.82, 2.24) is 14.9 Å². The van der Waals surface area contributed by atoms with Gasteiger partial charge in [-0.05, 0) is 48.4 Å². The highest BCUT2D eigenvalue weighted by Crippen LogP contribution is 2.42. The quantitative estimate of drug-likeness (QED) is 0.139. The number of rotatable bonds is 11. The Kier molecular flexibility index (Phi) is 9.45. The Morgan fingerprint density at radius 2 is 1.86 bits per heavy atom. The monoisotopic (exact) mass is 675 g/mol. The number of nitrogens with one attached hydrogen (secondary N) is 3. The van der Waals surface area contributed by atoms with Crippen molar-refractivity contribution in [3.8, 4) is 5.75 Å². The van der Waals surface area contributed by atoms with Crippen LogP contribution in [0.3, 0.4) is 0 Å². The predicted octanol–water partition coefficient (Wildman–Crippen LogP) is 8.45. The third kappa shape index (κ3) is 7.14. The fourth-order valence-corrected chi connectivity index (χ4v) is 5.56. The van der Waals surface area contributed by atoms with Crippen LogP contribution in [0.4, 0.5) is 39.3 Å². The van der Waals surface area contributed by atoms with E-state index in [4.69, 9.17) is 39.5 Å². The van der Waals surface area contributed by atoms with Crippen LogP contribution in [0.2, 0.25) is 15.1 Å². The zero-order valence-corrected chi connectivity index (χ0v) is 25.2. The Balaban J connectivity index is 1.41. The Hall–Kier alpha value is -3.32. The summed E-state index contributed by atoms with van der Waals surface area (Å²) in [5, 5.41) is 9.15. The summed E-state index contributed by atoms with van der Waals surface area (Å²) in [6, 6.07) is 9.70. The molecule has 0 atom stereocenters. The maximum absolute atomic E-state index is 13.6. The minimum absolute atomic E-state index is 0.100. The molecule has 1 aromatic heterocycles. The van der Waals surface area contributed by atoms with Crippen molar-refractivity contribution in [1.29, 1.82) is 0 Å². The van der Waals surface area contributed by atoms with Gasteiger partial charge in [0, 0.05) is 38.2 Å². The Labute approximate surface area is 263 Å². The molecule has 4 aromatic rings. The van der Waals surface area contributed by atoms with Gasteiger partial charge in [-0.2, -0.15) is 0 Å². The van der Waals surface area contributed by atoms with Crippen molar-refractivity contribution >= 4 is 69.1 Å². The summed E-state index contributed by atoms with van der Waals surface area (Å²) in [4.78, 5) is 17.7. The van der Waals surface area contributed by atoms with Gasteiger partial charge in [0.15, 0.2) is 0 Å². The summed E-state index contributed by atoms with van der Waals surface area (Å²) < 4.78 is 72.8. The van der Waals surface area contributed by atoms with Gasteiger partial charge in [0.1, 0.15) is 18.2 Å². The second-order valence-corrected chi connectivity index (χ2v) is 11.6. The lowest BCUT2D eigenvalue weighted by Gasteiger charge is -2.35. The topological polar surface area (TPSA) is 80.2 Å². The van der Waals surface area contributed by atoms with E-state index < -0.39 is 30.7 Å². The highest BCUT2D eigenvalue weighted by Gasteiger charge is 2.44. The lowest BCUT2D eigenvalue weighted by molar-refractivity contribution is -0.109. The molecule has 15 heteroatoms. The average Bonchev–Trinajstić information content (AvgIpc) is 3.25. The highest BCUT2D eigenvalue weighted by atomic mass is 35.5. The van der Waals surface area contributed by atoms with Crippen LogP contribution in [-0.4, -0.2) is 41.0 Å². The molecule has 1 heterocycles. The number of halogens is 8. The van der Waals surface area contributed by atoms with E-state index in [0.29, 0.717) is 35.4 Å². The number of carbonyl (C=O) groups excluding carboxylic acids is 1. The molecule has 44 heavy (non-hydrogen) atoms. The third-order valence-electron chi connectivity index (χ3n) is 7.10. The number of ether oxygens (including phenoxy) is 1. The van der Waals surface area contributed by atoms with Crippen molar-refractivity contribution < 1.29 is 31.5 Å². The van der Waals surface area contributed by atoms with Gasteiger partial charge in [0.25, 0.3) is 12.3 Å². The Morgan fingerprint density at radius 1 is 1.11 bits per heavy atom. The molecule has 3 aromatic carbocycles. The number of hydrogen-bond acceptors (Lipinski definition) is 5. The van der Waals surface area contributed by atoms with Gasteiger partial charge in [0.2, 0.25) is 11.9 Å². The van der Waals surface area contributed by atoms with E-state index in [0.717, 1.165) is 6.07 Å². The molecule has 0 radical (unpaired) electrons. The Bertz CT molecular complexity index is 1710. The number of imidazole rings is 1. The number of amides is 1. The molecular formula is C29H25Cl3F5N5O2. The van der Waals surface area contributed by atoms with Crippen LogP contribution in [0, 0.1) is 11.7 Å². The number of aromatic nitrogens is 2. The van der Waals surface area contributed by atoms with E-state index >= 15 is 0 Å². The van der Waals surface area contributed by atoms with Crippen molar-refractivity contribution in [2.75, 3.05) is 23.8 Å². The summed E-state index contributed by atoms with van der Waals surface area (Å²) in [6.45, 7) is -0.230. The van der Waals surface area contributed by atoms with Gasteiger partial charge < -0.3 is 25.3 Å². The second-order valence-electron chi connectivity index (χ2n) is 10.4. The number of hydrogen-bond donors (Lipinski definition) is 3. The van der Waals surface area contributed by atoms with Crippen LogP contribution < -0.4 is 20.7 Å². The summed E-state index contributed by atoms with van der Waals surface area (Å²) in [5.74, 6) is -3.98. The lowest BCUT2D eigenvalue weighted by atomic mass is 9.81. The van der Waals surface area contributed by atoms with E-state index in [-0.39, 0.29) is 56.8 Å². The van der Waals surface area contributed by atoms with Crippen molar-refractivity contribution in [2.24, 2.45) is 13.0 Å². The van der Waals surface area contributed by atoms with Crippen LogP contribution in [0.1, 0.15) is 28.8 Å². The van der Waals surface area contributed by atoms with E-state index in [2.05, 4.69) is 20.9 Å². The number of nitrogens with zero attached hydrogens (tertiary/aromatic N) is 2. The first-order valence-electron chi connectivity index (χ1n) is 13.3. The molecule has 0 aliphatic heterocycles. The molecule has 0 unspecified atom stereocenters. The van der Waals surface area contributed by atoms with Crippen LogP contribution in [0.25, 0.3) is 11.0 Å². The fourth-order valence-electron chi connectivity index (χ4n) is 4.85. The maximum atomic E-state index is 13.6. The molecular weight excluding hydrogens is 652 g/mol. The van der Waals surface area contributed by atoms with Crippen molar-refractivity contribution in [2.45, 2.75) is 31.7 Å². The van der Waals surface area contributed by atoms with E-state index in [9.17, 15) is 26.7 Å². The fraction of sp³-hybridized carbons (Fsp3) is 0.310. The molecule has 1 fully saturated rings. The second kappa shape index (κ2) is 13.0. The number of aryl methyl sites for hydroxylation is 1. The van der Waals surface area contributed by atoms with Crippen molar-refractivity contribution in [3.63, 3.8) is 0 Å². The van der Waals surface area contributed by atoms with Gasteiger partial charge in [-0.15, -0.1) is 0 Å². The van der Waals surface area contributed by atoms with Gasteiger partial charge in [-0.1, -0.05) is 40.9 Å². The molecule has 0 bridgehead atoms. The minimum atomic E-state index is -2.80. The van der Waals surface area contributed by atoms with E-state index in [1.54, 1.807) is 23.7 Å². The zero-order chi connectivity index (χ0) is 31.8. The standard InChI is InChI=1S/C29H25Cl3F5N5O2/c1-42-22-8-23(44-13-24(34)35)17(27(43)39-16-3-5-20(33)19(31)6-16)7-21(22)40-28(42)41-26-18(30)4-2-15(25(26)32)12-38-11-14-9-29(36,37)10-14/h2-8,14,24,38H,9-13H2,1H3,(H,39,43)(H,40,41). The van der Waals surface area contributed by atoms with Gasteiger partial charge >= 0.3 is 0 Å². The first-order chi connectivity index (χ1) is 20.8. The molecule has 1 saturated carbocycles. The minimum Gasteiger partial charge on any atom is -0.487 e. The maximum Gasteiger partial charge on any atom is 0.272 e. The van der Waals surface area contributed by atoms with Crippen LogP contribution in [0.15, 0.2) is 42.5 Å². The third-order valence-corrected chi connectivity index (χ3v) is 8.14. The summed E-state index contributed by atoms with van der Waals surface area (Å²) >= 11 is 18.9. The molecule has 3 N–H and O–H groups in total. The molecule has 1 amide bonds. The molecule has 1 aliphatic rings. The summed E-state index contributed by atoms with van der Waals surface area (Å²) in [7, 11) is 1.65. The molecule has 7 nitrogen and oxygen atoms in total. The molecule has 0 spiro atoms. The number of alkyl halides is 4. The smallest absolute Gasteiger partial charge is 0.272 e. The largest absolute Gasteiger partial charge is 0.487 e. The molecule has 0 saturated heterocycles. The summed E-state index contributed by atoms with van der Waals surface area (Å²) in [6.07, 6.45) is -3.10. The lowest BCUT2D eigenvalue weighted by Crippen LogP contribution is -2.40. The van der Waals surface area contributed by atoms with Crippen LogP contribution >= 0.6 is 34.8 Å². The highest BCUT2D eigenvalue weighted by molar-refractivity contribution is 6.39.